The molecular formula is C17H13N3O2. The molecule has 3 N–H and O–H groups in total. The van der Waals surface area contributed by atoms with E-state index in [2.05, 4.69) is 6.07 Å². The van der Waals surface area contributed by atoms with Gasteiger partial charge in [-0.15, -0.1) is 0 Å². The minimum Gasteiger partial charge on any atom is -0.477 e. The number of anilines is 1. The SMILES string of the molecule is N#Cc1cccc(Cn2c(C(=O)O)cc3cc(N)ccc32)c1. The van der Waals surface area contributed by atoms with Crippen molar-refractivity contribution in [2.75, 3.05) is 5.73 Å². The van der Waals surface area contributed by atoms with Gasteiger partial charge < -0.3 is 15.4 Å². The molecule has 108 valence electrons. The van der Waals surface area contributed by atoms with Gasteiger partial charge in [0.15, 0.2) is 0 Å². The number of benzene rings is 2. The van der Waals surface area contributed by atoms with Crippen LogP contribution in [0.5, 0.6) is 0 Å². The molecule has 0 saturated carbocycles. The number of rotatable bonds is 3. The predicted molar refractivity (Wildman–Crippen MR) is 83.6 cm³/mol. The number of nitrogens with two attached hydrogens (primary N) is 1. The van der Waals surface area contributed by atoms with Crippen molar-refractivity contribution in [1.82, 2.24) is 4.57 Å². The summed E-state index contributed by atoms with van der Waals surface area (Å²) in [5.74, 6) is -0.994. The Morgan fingerprint density at radius 3 is 2.77 bits per heavy atom. The van der Waals surface area contributed by atoms with Crippen LogP contribution >= 0.6 is 0 Å². The molecule has 0 aliphatic heterocycles. The summed E-state index contributed by atoms with van der Waals surface area (Å²) in [5.41, 5.74) is 8.77. The zero-order valence-electron chi connectivity index (χ0n) is 11.7. The lowest BCUT2D eigenvalue weighted by atomic mass is 10.1. The highest BCUT2D eigenvalue weighted by molar-refractivity contribution is 5.95. The first-order valence-electron chi connectivity index (χ1n) is 6.69. The Kier molecular flexibility index (Phi) is 3.28. The molecule has 1 aromatic heterocycles. The van der Waals surface area contributed by atoms with Crippen LogP contribution in [0.4, 0.5) is 5.69 Å². The lowest BCUT2D eigenvalue weighted by Crippen LogP contribution is -2.09. The third kappa shape index (κ3) is 2.38. The Balaban J connectivity index is 2.14. The standard InChI is InChI=1S/C17H13N3O2/c18-9-11-2-1-3-12(6-11)10-20-15-5-4-14(19)7-13(15)8-16(20)17(21)22/h1-8H,10,19H2,(H,21,22). The van der Waals surface area contributed by atoms with Gasteiger partial charge >= 0.3 is 5.97 Å². The molecule has 0 aliphatic carbocycles. The minimum absolute atomic E-state index is 0.197. The Morgan fingerprint density at radius 2 is 2.05 bits per heavy atom. The van der Waals surface area contributed by atoms with Gasteiger partial charge in [0.1, 0.15) is 5.69 Å². The maximum atomic E-state index is 11.5. The molecule has 22 heavy (non-hydrogen) atoms. The van der Waals surface area contributed by atoms with E-state index >= 15 is 0 Å². The van der Waals surface area contributed by atoms with Gasteiger partial charge in [0, 0.05) is 23.1 Å². The van der Waals surface area contributed by atoms with Crippen LogP contribution in [0.1, 0.15) is 21.6 Å². The van der Waals surface area contributed by atoms with E-state index in [0.717, 1.165) is 16.5 Å². The van der Waals surface area contributed by atoms with Crippen molar-refractivity contribution in [2.45, 2.75) is 6.54 Å². The average molecular weight is 291 g/mol. The second-order valence-corrected chi connectivity index (χ2v) is 5.05. The van der Waals surface area contributed by atoms with Crippen molar-refractivity contribution in [3.05, 3.63) is 65.4 Å². The van der Waals surface area contributed by atoms with Crippen molar-refractivity contribution < 1.29 is 9.90 Å². The number of carboxylic acids is 1. The largest absolute Gasteiger partial charge is 0.477 e. The third-order valence-electron chi connectivity index (χ3n) is 3.54. The highest BCUT2D eigenvalue weighted by Crippen LogP contribution is 2.24. The van der Waals surface area contributed by atoms with Crippen molar-refractivity contribution in [3.8, 4) is 6.07 Å². The zero-order valence-corrected chi connectivity index (χ0v) is 11.7. The molecule has 1 heterocycles. The fraction of sp³-hybridized carbons (Fsp3) is 0.0588. The Morgan fingerprint density at radius 1 is 1.23 bits per heavy atom. The number of aromatic nitrogens is 1. The molecule has 0 fully saturated rings. The maximum Gasteiger partial charge on any atom is 0.352 e. The zero-order chi connectivity index (χ0) is 15.7. The molecule has 2 aromatic carbocycles. The molecule has 0 radical (unpaired) electrons. The summed E-state index contributed by atoms with van der Waals surface area (Å²) in [7, 11) is 0. The number of nitrogens with zero attached hydrogens (tertiary/aromatic N) is 2. The average Bonchev–Trinajstić information content (AvgIpc) is 2.85. The molecule has 5 nitrogen and oxygen atoms in total. The van der Waals surface area contributed by atoms with Crippen molar-refractivity contribution >= 4 is 22.6 Å². The second kappa shape index (κ2) is 5.26. The highest BCUT2D eigenvalue weighted by atomic mass is 16.4. The van der Waals surface area contributed by atoms with Gasteiger partial charge in [-0.05, 0) is 42.0 Å². The summed E-state index contributed by atoms with van der Waals surface area (Å²) in [6.45, 7) is 0.380. The topological polar surface area (TPSA) is 92.0 Å². The first kappa shape index (κ1) is 13.7. The van der Waals surface area contributed by atoms with Crippen LogP contribution in [0, 0.1) is 11.3 Å². The highest BCUT2D eigenvalue weighted by Gasteiger charge is 2.15. The summed E-state index contributed by atoms with van der Waals surface area (Å²) in [6.07, 6.45) is 0. The van der Waals surface area contributed by atoms with E-state index in [9.17, 15) is 9.90 Å². The van der Waals surface area contributed by atoms with E-state index in [0.29, 0.717) is 17.8 Å². The normalized spacial score (nSPS) is 10.5. The molecule has 5 heteroatoms. The molecule has 0 aliphatic rings. The fourth-order valence-electron chi connectivity index (χ4n) is 2.56. The summed E-state index contributed by atoms with van der Waals surface area (Å²) in [4.78, 5) is 11.5. The van der Waals surface area contributed by atoms with Crippen LogP contribution in [0.3, 0.4) is 0 Å². The van der Waals surface area contributed by atoms with Crippen LogP contribution in [-0.2, 0) is 6.54 Å². The summed E-state index contributed by atoms with van der Waals surface area (Å²) in [6, 6.07) is 16.1. The minimum atomic E-state index is -0.994. The maximum absolute atomic E-state index is 11.5. The van der Waals surface area contributed by atoms with Crippen LogP contribution < -0.4 is 5.73 Å². The van der Waals surface area contributed by atoms with Crippen LogP contribution in [0.15, 0.2) is 48.5 Å². The number of hydrogen-bond acceptors (Lipinski definition) is 3. The molecule has 0 amide bonds. The van der Waals surface area contributed by atoms with E-state index in [1.807, 2.05) is 12.1 Å². The van der Waals surface area contributed by atoms with E-state index in [1.165, 1.54) is 0 Å². The van der Waals surface area contributed by atoms with Gasteiger partial charge in [0.25, 0.3) is 0 Å². The molecule has 0 atom stereocenters. The number of carboxylic acid groups (broad SMARTS) is 1. The molecule has 0 bridgehead atoms. The van der Waals surface area contributed by atoms with Crippen molar-refractivity contribution in [1.29, 1.82) is 5.26 Å². The van der Waals surface area contributed by atoms with Gasteiger partial charge in [0.05, 0.1) is 11.6 Å². The fourth-order valence-corrected chi connectivity index (χ4v) is 2.56. The van der Waals surface area contributed by atoms with E-state index in [4.69, 9.17) is 11.0 Å². The van der Waals surface area contributed by atoms with Gasteiger partial charge in [-0.1, -0.05) is 12.1 Å². The predicted octanol–water partition coefficient (Wildman–Crippen LogP) is 2.84. The number of hydrogen-bond donors (Lipinski definition) is 2. The Labute approximate surface area is 126 Å². The first-order chi connectivity index (χ1) is 10.6. The van der Waals surface area contributed by atoms with Gasteiger partial charge in [-0.25, -0.2) is 4.79 Å². The van der Waals surface area contributed by atoms with Gasteiger partial charge in [0.2, 0.25) is 0 Å². The molecular weight excluding hydrogens is 278 g/mol. The summed E-state index contributed by atoms with van der Waals surface area (Å²) >= 11 is 0. The van der Waals surface area contributed by atoms with Crippen molar-refractivity contribution in [3.63, 3.8) is 0 Å². The van der Waals surface area contributed by atoms with Crippen LogP contribution in [-0.4, -0.2) is 15.6 Å². The smallest absolute Gasteiger partial charge is 0.352 e. The van der Waals surface area contributed by atoms with Gasteiger partial charge in [-0.2, -0.15) is 5.26 Å². The number of carbonyl (C=O) groups is 1. The second-order valence-electron chi connectivity index (χ2n) is 5.05. The molecule has 0 unspecified atom stereocenters. The van der Waals surface area contributed by atoms with E-state index in [1.54, 1.807) is 41.0 Å². The number of nitriles is 1. The first-order valence-corrected chi connectivity index (χ1v) is 6.69. The molecule has 3 rings (SSSR count). The van der Waals surface area contributed by atoms with Crippen LogP contribution in [0.2, 0.25) is 0 Å². The molecule has 0 spiro atoms. The monoisotopic (exact) mass is 291 g/mol. The van der Waals surface area contributed by atoms with Gasteiger partial charge in [-0.3, -0.25) is 0 Å². The summed E-state index contributed by atoms with van der Waals surface area (Å²) < 4.78 is 1.72. The molecule has 3 aromatic rings. The quantitative estimate of drug-likeness (QED) is 0.726. The number of fused-ring (bicyclic) bond motifs is 1. The summed E-state index contributed by atoms with van der Waals surface area (Å²) in [5, 5.41) is 19.2. The lowest BCUT2D eigenvalue weighted by Gasteiger charge is -2.09. The number of aromatic carboxylic acids is 1. The van der Waals surface area contributed by atoms with Crippen molar-refractivity contribution in [2.24, 2.45) is 0 Å². The Bertz CT molecular complexity index is 919. The Hall–Kier alpha value is -3.26. The van der Waals surface area contributed by atoms with Crippen LogP contribution in [0.25, 0.3) is 10.9 Å². The third-order valence-corrected chi connectivity index (χ3v) is 3.54. The molecule has 0 saturated heterocycles. The van der Waals surface area contributed by atoms with E-state index < -0.39 is 5.97 Å². The lowest BCUT2D eigenvalue weighted by molar-refractivity contribution is 0.0686. The number of nitrogen functional groups attached to an aromatic ring is 1. The van der Waals surface area contributed by atoms with E-state index in [-0.39, 0.29) is 5.69 Å².